The van der Waals surface area contributed by atoms with Crippen molar-refractivity contribution in [1.82, 2.24) is 0 Å². The highest BCUT2D eigenvalue weighted by Crippen LogP contribution is 2.30. The first-order chi connectivity index (χ1) is 7.39. The monoisotopic (exact) mass is 224 g/mol. The van der Waals surface area contributed by atoms with Crippen LogP contribution in [0.5, 0.6) is 0 Å². The molecule has 1 aliphatic carbocycles. The first kappa shape index (κ1) is 13.5. The Balaban J connectivity index is 2.25. The lowest BCUT2D eigenvalue weighted by Crippen LogP contribution is -2.29. The molecule has 0 spiro atoms. The van der Waals surface area contributed by atoms with Crippen molar-refractivity contribution in [2.24, 2.45) is 28.0 Å². The maximum Gasteiger partial charge on any atom is 0.0991 e. The Kier molecular flexibility index (Phi) is 4.82. The van der Waals surface area contributed by atoms with Crippen molar-refractivity contribution in [2.45, 2.75) is 59.8 Å². The van der Waals surface area contributed by atoms with E-state index < -0.39 is 0 Å². The molecule has 1 fully saturated rings. The van der Waals surface area contributed by atoms with Gasteiger partial charge in [0.1, 0.15) is 0 Å². The minimum absolute atomic E-state index is 0.0288. The van der Waals surface area contributed by atoms with Crippen LogP contribution >= 0.6 is 0 Å². The minimum atomic E-state index is 0.0288. The predicted molar refractivity (Wildman–Crippen MR) is 71.7 cm³/mol. The predicted octanol–water partition coefficient (Wildman–Crippen LogP) is 3.61. The summed E-state index contributed by atoms with van der Waals surface area (Å²) < 4.78 is 0. The van der Waals surface area contributed by atoms with Crippen LogP contribution in [0.25, 0.3) is 0 Å². The van der Waals surface area contributed by atoms with Crippen LogP contribution < -0.4 is 5.73 Å². The molecule has 16 heavy (non-hydrogen) atoms. The third-order valence-corrected chi connectivity index (χ3v) is 3.72. The van der Waals surface area contributed by atoms with E-state index in [9.17, 15) is 0 Å². The largest absolute Gasteiger partial charge is 0.387 e. The SMILES string of the molecule is CC1CCC(CCN=C(N)C(C)(C)C)CC1. The summed E-state index contributed by atoms with van der Waals surface area (Å²) in [7, 11) is 0. The normalized spacial score (nSPS) is 28.1. The standard InChI is InChI=1S/C14H28N2/c1-11-5-7-12(8-6-11)9-10-16-13(15)14(2,3)4/h11-12H,5-10H2,1-4H3,(H2,15,16). The molecule has 1 rings (SSSR count). The molecule has 1 saturated carbocycles. The summed E-state index contributed by atoms with van der Waals surface area (Å²) in [4.78, 5) is 4.50. The van der Waals surface area contributed by atoms with Gasteiger partial charge in [0, 0.05) is 12.0 Å². The maximum absolute atomic E-state index is 5.94. The van der Waals surface area contributed by atoms with Crippen molar-refractivity contribution in [1.29, 1.82) is 0 Å². The van der Waals surface area contributed by atoms with Crippen LogP contribution in [0, 0.1) is 17.3 Å². The van der Waals surface area contributed by atoms with E-state index >= 15 is 0 Å². The minimum Gasteiger partial charge on any atom is -0.387 e. The average molecular weight is 224 g/mol. The number of rotatable bonds is 3. The molecular weight excluding hydrogens is 196 g/mol. The van der Waals surface area contributed by atoms with E-state index in [-0.39, 0.29) is 5.41 Å². The van der Waals surface area contributed by atoms with Gasteiger partial charge in [-0.15, -0.1) is 0 Å². The quantitative estimate of drug-likeness (QED) is 0.577. The zero-order valence-electron chi connectivity index (χ0n) is 11.4. The maximum atomic E-state index is 5.94. The first-order valence-electron chi connectivity index (χ1n) is 6.70. The van der Waals surface area contributed by atoms with Crippen LogP contribution in [0.15, 0.2) is 4.99 Å². The van der Waals surface area contributed by atoms with E-state index in [0.717, 1.165) is 24.2 Å². The second-order valence-corrected chi connectivity index (χ2v) is 6.43. The number of aliphatic imine (C=N–C) groups is 1. The molecule has 94 valence electrons. The van der Waals surface area contributed by atoms with E-state index in [1.807, 2.05) is 0 Å². The van der Waals surface area contributed by atoms with E-state index in [2.05, 4.69) is 32.7 Å². The van der Waals surface area contributed by atoms with Crippen molar-refractivity contribution < 1.29 is 0 Å². The Morgan fingerprint density at radius 1 is 1.19 bits per heavy atom. The summed E-state index contributed by atoms with van der Waals surface area (Å²) in [6.45, 7) is 9.64. The third-order valence-electron chi connectivity index (χ3n) is 3.72. The number of nitrogens with zero attached hydrogens (tertiary/aromatic N) is 1. The molecule has 0 heterocycles. The van der Waals surface area contributed by atoms with Crippen molar-refractivity contribution in [3.63, 3.8) is 0 Å². The second-order valence-electron chi connectivity index (χ2n) is 6.43. The molecule has 0 bridgehead atoms. The Labute approximate surface area is 101 Å². The average Bonchev–Trinajstić information content (AvgIpc) is 2.19. The van der Waals surface area contributed by atoms with Gasteiger partial charge in [0.25, 0.3) is 0 Å². The lowest BCUT2D eigenvalue weighted by atomic mass is 9.81. The smallest absolute Gasteiger partial charge is 0.0991 e. The van der Waals surface area contributed by atoms with Gasteiger partial charge in [-0.25, -0.2) is 0 Å². The third kappa shape index (κ3) is 4.54. The highest BCUT2D eigenvalue weighted by Gasteiger charge is 2.18. The van der Waals surface area contributed by atoms with E-state index in [1.165, 1.54) is 32.1 Å². The zero-order valence-corrected chi connectivity index (χ0v) is 11.4. The molecule has 2 N–H and O–H groups in total. The molecule has 0 aromatic carbocycles. The van der Waals surface area contributed by atoms with Crippen molar-refractivity contribution in [3.8, 4) is 0 Å². The highest BCUT2D eigenvalue weighted by molar-refractivity contribution is 5.85. The number of hydrogen-bond donors (Lipinski definition) is 1. The van der Waals surface area contributed by atoms with Crippen LogP contribution in [0.2, 0.25) is 0 Å². The van der Waals surface area contributed by atoms with Gasteiger partial charge in [0.2, 0.25) is 0 Å². The van der Waals surface area contributed by atoms with Crippen LogP contribution in [0.1, 0.15) is 59.8 Å². The van der Waals surface area contributed by atoms with E-state index in [4.69, 9.17) is 5.73 Å². The molecule has 2 nitrogen and oxygen atoms in total. The molecule has 2 heteroatoms. The Bertz CT molecular complexity index is 230. The van der Waals surface area contributed by atoms with Gasteiger partial charge in [-0.1, -0.05) is 53.4 Å². The van der Waals surface area contributed by atoms with Crippen LogP contribution in [-0.4, -0.2) is 12.4 Å². The summed E-state index contributed by atoms with van der Waals surface area (Å²) in [6.07, 6.45) is 6.83. The molecular formula is C14H28N2. The summed E-state index contributed by atoms with van der Waals surface area (Å²) in [6, 6.07) is 0. The van der Waals surface area contributed by atoms with Gasteiger partial charge >= 0.3 is 0 Å². The van der Waals surface area contributed by atoms with Crippen molar-refractivity contribution in [3.05, 3.63) is 0 Å². The summed E-state index contributed by atoms with van der Waals surface area (Å²) in [5.41, 5.74) is 5.97. The molecule has 0 amide bonds. The molecule has 0 aliphatic heterocycles. The van der Waals surface area contributed by atoms with E-state index in [0.29, 0.717) is 0 Å². The fraction of sp³-hybridized carbons (Fsp3) is 0.929. The number of amidine groups is 1. The van der Waals surface area contributed by atoms with Crippen molar-refractivity contribution in [2.75, 3.05) is 6.54 Å². The number of nitrogens with two attached hydrogens (primary N) is 1. The topological polar surface area (TPSA) is 38.4 Å². The second kappa shape index (κ2) is 5.70. The van der Waals surface area contributed by atoms with Gasteiger partial charge in [0.15, 0.2) is 0 Å². The molecule has 0 aromatic rings. The van der Waals surface area contributed by atoms with Crippen LogP contribution in [-0.2, 0) is 0 Å². The highest BCUT2D eigenvalue weighted by atomic mass is 14.9. The van der Waals surface area contributed by atoms with Gasteiger partial charge in [0.05, 0.1) is 5.84 Å². The Morgan fingerprint density at radius 3 is 2.25 bits per heavy atom. The molecule has 0 atom stereocenters. The summed E-state index contributed by atoms with van der Waals surface area (Å²) >= 11 is 0. The van der Waals surface area contributed by atoms with Gasteiger partial charge in [-0.3, -0.25) is 4.99 Å². The summed E-state index contributed by atoms with van der Waals surface area (Å²) in [5.74, 6) is 2.64. The van der Waals surface area contributed by atoms with Crippen molar-refractivity contribution >= 4 is 5.84 Å². The molecule has 1 aliphatic rings. The van der Waals surface area contributed by atoms with E-state index in [1.54, 1.807) is 0 Å². The Morgan fingerprint density at radius 2 is 1.75 bits per heavy atom. The van der Waals surface area contributed by atoms with Gasteiger partial charge in [-0.05, 0) is 18.3 Å². The fourth-order valence-corrected chi connectivity index (χ4v) is 2.22. The molecule has 0 aromatic heterocycles. The van der Waals surface area contributed by atoms with Gasteiger partial charge < -0.3 is 5.73 Å². The molecule has 0 saturated heterocycles. The lowest BCUT2D eigenvalue weighted by molar-refractivity contribution is 0.280. The fourth-order valence-electron chi connectivity index (χ4n) is 2.22. The first-order valence-corrected chi connectivity index (χ1v) is 6.70. The number of hydrogen-bond acceptors (Lipinski definition) is 1. The molecule has 0 unspecified atom stereocenters. The van der Waals surface area contributed by atoms with Crippen LogP contribution in [0.3, 0.4) is 0 Å². The zero-order chi connectivity index (χ0) is 12.2. The molecule has 0 radical (unpaired) electrons. The van der Waals surface area contributed by atoms with Crippen LogP contribution in [0.4, 0.5) is 0 Å². The van der Waals surface area contributed by atoms with Gasteiger partial charge in [-0.2, -0.15) is 0 Å². The lowest BCUT2D eigenvalue weighted by Gasteiger charge is -2.25. The summed E-state index contributed by atoms with van der Waals surface area (Å²) in [5, 5.41) is 0. The Hall–Kier alpha value is -0.530.